The number of hydrogen-bond donors (Lipinski definition) is 0. The van der Waals surface area contributed by atoms with Crippen LogP contribution in [0.2, 0.25) is 0 Å². The molecule has 1 atom stereocenters. The summed E-state index contributed by atoms with van der Waals surface area (Å²) >= 11 is 1.51. The molecule has 0 saturated carbocycles. The van der Waals surface area contributed by atoms with E-state index in [2.05, 4.69) is 10.2 Å². The van der Waals surface area contributed by atoms with E-state index in [0.717, 1.165) is 23.3 Å². The van der Waals surface area contributed by atoms with Crippen LogP contribution in [0.3, 0.4) is 0 Å². The molecule has 1 saturated heterocycles. The van der Waals surface area contributed by atoms with Crippen molar-refractivity contribution in [3.63, 3.8) is 0 Å². The van der Waals surface area contributed by atoms with Gasteiger partial charge in [0.15, 0.2) is 0 Å². The van der Waals surface area contributed by atoms with Crippen molar-refractivity contribution in [2.45, 2.75) is 37.1 Å². The lowest BCUT2D eigenvalue weighted by molar-refractivity contribution is 0.220. The molecule has 0 aliphatic carbocycles. The van der Waals surface area contributed by atoms with Crippen LogP contribution in [0.1, 0.15) is 36.8 Å². The minimum atomic E-state index is -3.61. The van der Waals surface area contributed by atoms with Crippen LogP contribution in [0.4, 0.5) is 0 Å². The van der Waals surface area contributed by atoms with Gasteiger partial charge in [-0.05, 0) is 43.3 Å². The van der Waals surface area contributed by atoms with Gasteiger partial charge in [0.25, 0.3) is 5.89 Å². The minimum Gasteiger partial charge on any atom is -0.418 e. The van der Waals surface area contributed by atoms with Gasteiger partial charge in [-0.3, -0.25) is 0 Å². The fourth-order valence-electron chi connectivity index (χ4n) is 3.15. The van der Waals surface area contributed by atoms with Gasteiger partial charge in [-0.15, -0.1) is 21.5 Å². The molecule has 0 amide bonds. The highest BCUT2D eigenvalue weighted by atomic mass is 32.2. The maximum atomic E-state index is 13.2. The Morgan fingerprint density at radius 1 is 1.15 bits per heavy atom. The first-order chi connectivity index (χ1) is 12.6. The van der Waals surface area contributed by atoms with Gasteiger partial charge in [0.05, 0.1) is 9.77 Å². The number of aromatic nitrogens is 2. The molecular weight excluding hydrogens is 370 g/mol. The Hall–Kier alpha value is -2.03. The third kappa shape index (κ3) is 3.20. The molecule has 0 bridgehead atoms. The van der Waals surface area contributed by atoms with E-state index in [9.17, 15) is 8.42 Å². The van der Waals surface area contributed by atoms with Gasteiger partial charge in [0.2, 0.25) is 15.9 Å². The first-order valence-corrected chi connectivity index (χ1v) is 10.8. The predicted molar refractivity (Wildman–Crippen MR) is 99.3 cm³/mol. The summed E-state index contributed by atoms with van der Waals surface area (Å²) < 4.78 is 33.6. The standard InChI is InChI=1S/C18H19N3O3S2/c1-13-7-9-14(10-8-13)26(22,23)21-11-3-2-5-15(21)17-19-20-18(24-17)16-6-4-12-25-16/h4,6-10,12,15H,2-3,5,11H2,1H3/t15-/m0/s1. The average molecular weight is 390 g/mol. The summed E-state index contributed by atoms with van der Waals surface area (Å²) in [6.45, 7) is 2.39. The molecule has 0 radical (unpaired) electrons. The van der Waals surface area contributed by atoms with E-state index in [1.807, 2.05) is 36.6 Å². The van der Waals surface area contributed by atoms with Crippen molar-refractivity contribution in [2.24, 2.45) is 0 Å². The average Bonchev–Trinajstić information content (AvgIpc) is 3.34. The Morgan fingerprint density at radius 2 is 1.96 bits per heavy atom. The highest BCUT2D eigenvalue weighted by molar-refractivity contribution is 7.89. The van der Waals surface area contributed by atoms with Crippen molar-refractivity contribution in [3.05, 3.63) is 53.2 Å². The number of thiophene rings is 1. The van der Waals surface area contributed by atoms with E-state index >= 15 is 0 Å². The van der Waals surface area contributed by atoms with Crippen molar-refractivity contribution < 1.29 is 12.8 Å². The summed E-state index contributed by atoms with van der Waals surface area (Å²) in [5.74, 6) is 0.803. The maximum absolute atomic E-state index is 13.2. The fraction of sp³-hybridized carbons (Fsp3) is 0.333. The van der Waals surface area contributed by atoms with Crippen molar-refractivity contribution in [2.75, 3.05) is 6.54 Å². The van der Waals surface area contributed by atoms with Gasteiger partial charge in [0.1, 0.15) is 6.04 Å². The van der Waals surface area contributed by atoms with Crippen molar-refractivity contribution in [1.29, 1.82) is 0 Å². The van der Waals surface area contributed by atoms with E-state index in [1.54, 1.807) is 12.1 Å². The Labute approximate surface area is 156 Å². The van der Waals surface area contributed by atoms with Crippen LogP contribution in [-0.2, 0) is 10.0 Å². The van der Waals surface area contributed by atoms with E-state index in [4.69, 9.17) is 4.42 Å². The molecule has 1 aliphatic heterocycles. The second-order valence-corrected chi connectivity index (χ2v) is 9.20. The lowest BCUT2D eigenvalue weighted by Crippen LogP contribution is -2.38. The van der Waals surface area contributed by atoms with E-state index < -0.39 is 16.1 Å². The molecular formula is C18H19N3O3S2. The molecule has 1 aromatic carbocycles. The zero-order valence-electron chi connectivity index (χ0n) is 14.3. The molecule has 4 rings (SSSR count). The number of nitrogens with zero attached hydrogens (tertiary/aromatic N) is 3. The summed E-state index contributed by atoms with van der Waals surface area (Å²) in [5.41, 5.74) is 1.02. The van der Waals surface area contributed by atoms with Gasteiger partial charge < -0.3 is 4.42 Å². The third-order valence-electron chi connectivity index (χ3n) is 4.54. The molecule has 0 unspecified atom stereocenters. The highest BCUT2D eigenvalue weighted by Gasteiger charge is 2.37. The Morgan fingerprint density at radius 3 is 2.69 bits per heavy atom. The van der Waals surface area contributed by atoms with Crippen molar-refractivity contribution >= 4 is 21.4 Å². The zero-order valence-corrected chi connectivity index (χ0v) is 16.0. The van der Waals surface area contributed by atoms with E-state index in [1.165, 1.54) is 15.6 Å². The summed E-state index contributed by atoms with van der Waals surface area (Å²) in [6, 6.07) is 10.3. The SMILES string of the molecule is Cc1ccc(S(=O)(=O)N2CCCC[C@H]2c2nnc(-c3cccs3)o2)cc1. The van der Waals surface area contributed by atoms with Crippen molar-refractivity contribution in [3.8, 4) is 10.8 Å². The largest absolute Gasteiger partial charge is 0.418 e. The van der Waals surface area contributed by atoms with Gasteiger partial charge in [-0.2, -0.15) is 4.31 Å². The predicted octanol–water partition coefficient (Wildman–Crippen LogP) is 4.02. The number of rotatable bonds is 4. The molecule has 0 N–H and O–H groups in total. The highest BCUT2D eigenvalue weighted by Crippen LogP contribution is 2.36. The molecule has 1 aliphatic rings. The fourth-order valence-corrected chi connectivity index (χ4v) is 5.45. The van der Waals surface area contributed by atoms with Crippen molar-refractivity contribution in [1.82, 2.24) is 14.5 Å². The maximum Gasteiger partial charge on any atom is 0.257 e. The van der Waals surface area contributed by atoms with Gasteiger partial charge in [0, 0.05) is 6.54 Å². The molecule has 26 heavy (non-hydrogen) atoms. The third-order valence-corrected chi connectivity index (χ3v) is 7.32. The topological polar surface area (TPSA) is 76.3 Å². The smallest absolute Gasteiger partial charge is 0.257 e. The van der Waals surface area contributed by atoms with Crippen LogP contribution in [-0.4, -0.2) is 29.5 Å². The summed E-state index contributed by atoms with van der Waals surface area (Å²) in [6.07, 6.45) is 2.44. The molecule has 3 aromatic rings. The van der Waals surface area contributed by atoms with E-state index in [-0.39, 0.29) is 0 Å². The van der Waals surface area contributed by atoms with Crippen LogP contribution in [0.25, 0.3) is 10.8 Å². The molecule has 3 heterocycles. The second-order valence-electron chi connectivity index (χ2n) is 6.36. The van der Waals surface area contributed by atoms with Gasteiger partial charge >= 0.3 is 0 Å². The first-order valence-electron chi connectivity index (χ1n) is 8.51. The number of aryl methyl sites for hydroxylation is 1. The lowest BCUT2D eigenvalue weighted by Gasteiger charge is -2.32. The number of benzene rings is 1. The van der Waals surface area contributed by atoms with Gasteiger partial charge in [-0.25, -0.2) is 8.42 Å². The molecule has 136 valence electrons. The Kier molecular flexibility index (Phi) is 4.64. The Bertz CT molecular complexity index is 979. The van der Waals surface area contributed by atoms with Crippen LogP contribution in [0.5, 0.6) is 0 Å². The molecule has 0 spiro atoms. The van der Waals surface area contributed by atoms with Crippen LogP contribution in [0, 0.1) is 6.92 Å². The summed E-state index contributed by atoms with van der Waals surface area (Å²) in [7, 11) is -3.61. The van der Waals surface area contributed by atoms with Crippen LogP contribution >= 0.6 is 11.3 Å². The monoisotopic (exact) mass is 389 g/mol. The molecule has 1 fully saturated rings. The summed E-state index contributed by atoms with van der Waals surface area (Å²) in [5, 5.41) is 10.2. The quantitative estimate of drug-likeness (QED) is 0.673. The molecule has 6 nitrogen and oxygen atoms in total. The number of piperidine rings is 1. The minimum absolute atomic E-state index is 0.299. The molecule has 2 aromatic heterocycles. The zero-order chi connectivity index (χ0) is 18.1. The molecule has 8 heteroatoms. The summed E-state index contributed by atoms with van der Waals surface area (Å²) in [4.78, 5) is 1.18. The van der Waals surface area contributed by atoms with Crippen LogP contribution in [0.15, 0.2) is 51.1 Å². The lowest BCUT2D eigenvalue weighted by atomic mass is 10.1. The number of sulfonamides is 1. The van der Waals surface area contributed by atoms with Gasteiger partial charge in [-0.1, -0.05) is 30.2 Å². The second kappa shape index (κ2) is 6.94. The van der Waals surface area contributed by atoms with Crippen LogP contribution < -0.4 is 0 Å². The number of hydrogen-bond acceptors (Lipinski definition) is 6. The normalized spacial score (nSPS) is 18.9. The van der Waals surface area contributed by atoms with E-state index in [0.29, 0.717) is 29.6 Å². The first kappa shape index (κ1) is 17.4. The Balaban J connectivity index is 1.67.